The highest BCUT2D eigenvalue weighted by atomic mass is 127. The summed E-state index contributed by atoms with van der Waals surface area (Å²) in [5.41, 5.74) is 1.23. The second kappa shape index (κ2) is 10.9. The van der Waals surface area contributed by atoms with E-state index in [1.165, 1.54) is 18.4 Å². The number of anilines is 1. The number of piperazine rings is 1. The minimum atomic E-state index is 0. The van der Waals surface area contributed by atoms with E-state index in [1.807, 2.05) is 6.20 Å². The summed E-state index contributed by atoms with van der Waals surface area (Å²) >= 11 is 0. The average molecular weight is 472 g/mol. The number of hydrogen-bond acceptors (Lipinski definition) is 4. The Morgan fingerprint density at radius 1 is 1.12 bits per heavy atom. The number of nitrogens with zero attached hydrogens (tertiary/aromatic N) is 5. The predicted molar refractivity (Wildman–Crippen MR) is 120 cm³/mol. The third kappa shape index (κ3) is 5.70. The van der Waals surface area contributed by atoms with Crippen LogP contribution in [0.2, 0.25) is 0 Å². The van der Waals surface area contributed by atoms with E-state index in [-0.39, 0.29) is 24.0 Å². The van der Waals surface area contributed by atoms with Gasteiger partial charge in [-0.1, -0.05) is 6.92 Å². The van der Waals surface area contributed by atoms with Crippen LogP contribution in [0.1, 0.15) is 32.3 Å². The molecule has 2 fully saturated rings. The molecule has 0 amide bonds. The Hall–Kier alpha value is -1.09. The average Bonchev–Trinajstić information content (AvgIpc) is 3.20. The number of likely N-dealkylation sites (tertiary alicyclic amines) is 1. The predicted octanol–water partition coefficient (Wildman–Crippen LogP) is 2.40. The first-order valence-corrected chi connectivity index (χ1v) is 9.75. The molecule has 0 atom stereocenters. The monoisotopic (exact) mass is 472 g/mol. The number of pyridine rings is 1. The molecule has 26 heavy (non-hydrogen) atoms. The molecule has 0 aromatic carbocycles. The van der Waals surface area contributed by atoms with E-state index in [4.69, 9.17) is 4.99 Å². The molecule has 6 nitrogen and oxygen atoms in total. The Morgan fingerprint density at radius 3 is 2.50 bits per heavy atom. The fraction of sp³-hybridized carbons (Fsp3) is 0.684. The van der Waals surface area contributed by atoms with Crippen LogP contribution in [0.15, 0.2) is 23.3 Å². The smallest absolute Gasteiger partial charge is 0.194 e. The molecule has 0 saturated carbocycles. The second-order valence-corrected chi connectivity index (χ2v) is 6.81. The van der Waals surface area contributed by atoms with E-state index in [0.717, 1.165) is 64.1 Å². The first kappa shape index (κ1) is 21.2. The number of aromatic nitrogens is 1. The van der Waals surface area contributed by atoms with Crippen molar-refractivity contribution in [2.45, 2.75) is 33.2 Å². The molecular weight excluding hydrogens is 439 g/mol. The summed E-state index contributed by atoms with van der Waals surface area (Å²) in [6, 6.07) is 4.29. The highest BCUT2D eigenvalue weighted by molar-refractivity contribution is 14.0. The van der Waals surface area contributed by atoms with Crippen molar-refractivity contribution in [2.75, 3.05) is 57.3 Å². The lowest BCUT2D eigenvalue weighted by molar-refractivity contribution is 0.270. The normalized spacial score (nSPS) is 18.8. The van der Waals surface area contributed by atoms with Gasteiger partial charge in [-0.05, 0) is 44.0 Å². The van der Waals surface area contributed by atoms with Crippen molar-refractivity contribution in [1.82, 2.24) is 20.1 Å². The van der Waals surface area contributed by atoms with Gasteiger partial charge in [0.1, 0.15) is 5.82 Å². The van der Waals surface area contributed by atoms with Gasteiger partial charge in [-0.15, -0.1) is 24.0 Å². The molecule has 3 heterocycles. The van der Waals surface area contributed by atoms with Gasteiger partial charge in [-0.3, -0.25) is 0 Å². The quantitative estimate of drug-likeness (QED) is 0.405. The first-order chi connectivity index (χ1) is 12.3. The summed E-state index contributed by atoms with van der Waals surface area (Å²) in [5, 5.41) is 3.43. The third-order valence-electron chi connectivity index (χ3n) is 5.11. The van der Waals surface area contributed by atoms with Crippen molar-refractivity contribution < 1.29 is 0 Å². The molecule has 7 heteroatoms. The van der Waals surface area contributed by atoms with Gasteiger partial charge in [0.25, 0.3) is 0 Å². The van der Waals surface area contributed by atoms with E-state index < -0.39 is 0 Å². The lowest BCUT2D eigenvalue weighted by Gasteiger charge is -2.34. The number of nitrogens with one attached hydrogen (secondary N) is 1. The van der Waals surface area contributed by atoms with Gasteiger partial charge >= 0.3 is 0 Å². The number of hydrogen-bond donors (Lipinski definition) is 1. The Labute approximate surface area is 175 Å². The molecule has 3 rings (SSSR count). The lowest BCUT2D eigenvalue weighted by Crippen LogP contribution is -2.46. The molecule has 1 aromatic rings. The summed E-state index contributed by atoms with van der Waals surface area (Å²) in [6.07, 6.45) is 4.47. The van der Waals surface area contributed by atoms with Crippen LogP contribution in [0.4, 0.5) is 5.82 Å². The minimum Gasteiger partial charge on any atom is -0.357 e. The van der Waals surface area contributed by atoms with Gasteiger partial charge in [0.15, 0.2) is 5.96 Å². The molecule has 2 saturated heterocycles. The van der Waals surface area contributed by atoms with Crippen molar-refractivity contribution in [3.05, 3.63) is 23.9 Å². The maximum atomic E-state index is 4.85. The van der Waals surface area contributed by atoms with Gasteiger partial charge < -0.3 is 20.0 Å². The Morgan fingerprint density at radius 2 is 1.85 bits per heavy atom. The van der Waals surface area contributed by atoms with Crippen LogP contribution in [-0.4, -0.2) is 73.1 Å². The van der Waals surface area contributed by atoms with Crippen molar-refractivity contribution in [1.29, 1.82) is 0 Å². The zero-order chi connectivity index (χ0) is 17.5. The topological polar surface area (TPSA) is 47.0 Å². The minimum absolute atomic E-state index is 0. The standard InChI is InChI=1S/C19H32N6.HI/c1-3-20-19(25-9-5-6-10-25)22-16-17-7-8-21-18(15-17)24-13-11-23(4-2)12-14-24;/h7-8,15H,3-6,9-14,16H2,1-2H3,(H,20,22);1H. The lowest BCUT2D eigenvalue weighted by atomic mass is 10.2. The summed E-state index contributed by atoms with van der Waals surface area (Å²) in [4.78, 5) is 16.7. The largest absolute Gasteiger partial charge is 0.357 e. The van der Waals surface area contributed by atoms with Gasteiger partial charge in [0.2, 0.25) is 0 Å². The number of aliphatic imine (C=N–C) groups is 1. The fourth-order valence-corrected chi connectivity index (χ4v) is 3.55. The fourth-order valence-electron chi connectivity index (χ4n) is 3.55. The zero-order valence-corrected chi connectivity index (χ0v) is 18.5. The van der Waals surface area contributed by atoms with E-state index >= 15 is 0 Å². The highest BCUT2D eigenvalue weighted by Crippen LogP contribution is 2.16. The van der Waals surface area contributed by atoms with E-state index in [2.05, 4.69) is 51.0 Å². The summed E-state index contributed by atoms with van der Waals surface area (Å²) in [5.74, 6) is 2.14. The van der Waals surface area contributed by atoms with Crippen molar-refractivity contribution in [3.63, 3.8) is 0 Å². The van der Waals surface area contributed by atoms with Crippen LogP contribution >= 0.6 is 24.0 Å². The van der Waals surface area contributed by atoms with Crippen LogP contribution < -0.4 is 10.2 Å². The maximum Gasteiger partial charge on any atom is 0.194 e. The number of rotatable bonds is 5. The summed E-state index contributed by atoms with van der Waals surface area (Å²) in [6.45, 7) is 13.7. The molecule has 0 spiro atoms. The molecule has 0 aliphatic carbocycles. The number of guanidine groups is 1. The van der Waals surface area contributed by atoms with E-state index in [9.17, 15) is 0 Å². The SMILES string of the molecule is CCNC(=NCc1ccnc(N2CCN(CC)CC2)c1)N1CCCC1.I. The molecule has 0 unspecified atom stereocenters. The second-order valence-electron chi connectivity index (χ2n) is 6.81. The van der Waals surface area contributed by atoms with Crippen molar-refractivity contribution in [3.8, 4) is 0 Å². The first-order valence-electron chi connectivity index (χ1n) is 9.75. The van der Waals surface area contributed by atoms with Gasteiger partial charge in [0.05, 0.1) is 6.54 Å². The molecule has 0 bridgehead atoms. The maximum absolute atomic E-state index is 4.85. The van der Waals surface area contributed by atoms with Crippen LogP contribution in [0.25, 0.3) is 0 Å². The zero-order valence-electron chi connectivity index (χ0n) is 16.2. The Bertz CT molecular complexity index is 565. The molecular formula is C19H33IN6. The Kier molecular flexibility index (Phi) is 8.90. The Balaban J connectivity index is 0.00000243. The van der Waals surface area contributed by atoms with E-state index in [1.54, 1.807) is 0 Å². The van der Waals surface area contributed by atoms with Crippen molar-refractivity contribution >= 4 is 35.8 Å². The van der Waals surface area contributed by atoms with Gasteiger partial charge in [-0.25, -0.2) is 9.98 Å². The molecule has 2 aliphatic rings. The van der Waals surface area contributed by atoms with Crippen LogP contribution in [-0.2, 0) is 6.54 Å². The summed E-state index contributed by atoms with van der Waals surface area (Å²) in [7, 11) is 0. The third-order valence-corrected chi connectivity index (χ3v) is 5.11. The van der Waals surface area contributed by atoms with Gasteiger partial charge in [-0.2, -0.15) is 0 Å². The molecule has 2 aliphatic heterocycles. The summed E-state index contributed by atoms with van der Waals surface area (Å²) < 4.78 is 0. The highest BCUT2D eigenvalue weighted by Gasteiger charge is 2.17. The molecule has 1 aromatic heterocycles. The molecule has 0 radical (unpaired) electrons. The molecule has 146 valence electrons. The number of halogens is 1. The van der Waals surface area contributed by atoms with Crippen LogP contribution in [0.5, 0.6) is 0 Å². The van der Waals surface area contributed by atoms with Crippen LogP contribution in [0, 0.1) is 0 Å². The van der Waals surface area contributed by atoms with Gasteiger partial charge in [0, 0.05) is 52.0 Å². The van der Waals surface area contributed by atoms with E-state index in [0.29, 0.717) is 6.54 Å². The van der Waals surface area contributed by atoms with Crippen LogP contribution in [0.3, 0.4) is 0 Å². The number of likely N-dealkylation sites (N-methyl/N-ethyl adjacent to an activating group) is 1. The van der Waals surface area contributed by atoms with Crippen molar-refractivity contribution in [2.24, 2.45) is 4.99 Å². The molecule has 1 N–H and O–H groups in total.